The van der Waals surface area contributed by atoms with Gasteiger partial charge in [0.2, 0.25) is 5.89 Å². The zero-order valence-electron chi connectivity index (χ0n) is 14.8. The molecular weight excluding hydrogens is 306 g/mol. The monoisotopic (exact) mass is 331 g/mol. The van der Waals surface area contributed by atoms with Crippen LogP contribution in [-0.2, 0) is 6.54 Å². The zero-order valence-corrected chi connectivity index (χ0v) is 14.8. The molecule has 0 bridgehead atoms. The van der Waals surface area contributed by atoms with Crippen LogP contribution in [0.1, 0.15) is 55.9 Å². The Morgan fingerprint density at radius 2 is 2.12 bits per heavy atom. The number of hydrogen-bond donors (Lipinski definition) is 0. The molecule has 1 aromatic heterocycles. The normalized spacial score (nSPS) is 18.3. The van der Waals surface area contributed by atoms with Gasteiger partial charge in [-0.3, -0.25) is 4.90 Å². The van der Waals surface area contributed by atoms with E-state index in [-0.39, 0.29) is 12.0 Å². The first-order valence-electron chi connectivity index (χ1n) is 8.40. The van der Waals surface area contributed by atoms with Gasteiger partial charge in [-0.15, -0.1) is 0 Å². The zero-order chi connectivity index (χ0) is 17.1. The summed E-state index contributed by atoms with van der Waals surface area (Å²) in [6.07, 6.45) is 2.21. The van der Waals surface area contributed by atoms with Crippen molar-refractivity contribution in [2.45, 2.75) is 45.2 Å². The van der Waals surface area contributed by atoms with E-state index in [1.165, 1.54) is 0 Å². The third kappa shape index (κ3) is 3.38. The summed E-state index contributed by atoms with van der Waals surface area (Å²) < 4.78 is 16.4. The third-order valence-corrected chi connectivity index (χ3v) is 4.50. The second kappa shape index (κ2) is 7.21. The van der Waals surface area contributed by atoms with Crippen molar-refractivity contribution in [2.24, 2.45) is 0 Å². The highest BCUT2D eigenvalue weighted by Gasteiger charge is 2.30. The second-order valence-electron chi connectivity index (χ2n) is 6.44. The first kappa shape index (κ1) is 16.8. The maximum absolute atomic E-state index is 5.56. The van der Waals surface area contributed by atoms with Gasteiger partial charge in [-0.2, -0.15) is 4.98 Å². The number of benzene rings is 1. The van der Waals surface area contributed by atoms with Crippen LogP contribution in [0, 0.1) is 0 Å². The van der Waals surface area contributed by atoms with Gasteiger partial charge in [0.1, 0.15) is 11.5 Å². The minimum absolute atomic E-state index is 0.268. The number of ether oxygens (including phenoxy) is 2. The Hall–Kier alpha value is -2.08. The molecule has 2 heterocycles. The summed E-state index contributed by atoms with van der Waals surface area (Å²) in [5.41, 5.74) is 1.15. The van der Waals surface area contributed by atoms with E-state index in [1.807, 2.05) is 12.1 Å². The molecule has 0 amide bonds. The predicted molar refractivity (Wildman–Crippen MR) is 90.3 cm³/mol. The molecule has 0 radical (unpaired) electrons. The van der Waals surface area contributed by atoms with Crippen LogP contribution >= 0.6 is 0 Å². The van der Waals surface area contributed by atoms with Gasteiger partial charge in [0.05, 0.1) is 20.8 Å². The van der Waals surface area contributed by atoms with Crippen LogP contribution in [-0.4, -0.2) is 35.8 Å². The molecule has 2 aromatic rings. The van der Waals surface area contributed by atoms with Gasteiger partial charge in [0.15, 0.2) is 5.82 Å². The molecule has 1 aromatic carbocycles. The summed E-state index contributed by atoms with van der Waals surface area (Å²) in [6.45, 7) is 5.79. The Morgan fingerprint density at radius 1 is 1.29 bits per heavy atom. The van der Waals surface area contributed by atoms with Crippen LogP contribution in [0.5, 0.6) is 11.5 Å². The molecule has 3 rings (SSSR count). The SMILES string of the molecule is COc1ccc(OC)c([C@@H]2CCCN2Cc2nc(C(C)C)no2)c1. The number of hydrogen-bond acceptors (Lipinski definition) is 6. The molecule has 0 aliphatic carbocycles. The Kier molecular flexibility index (Phi) is 5.04. The average Bonchev–Trinajstić information content (AvgIpc) is 3.24. The fourth-order valence-corrected chi connectivity index (χ4v) is 3.21. The van der Waals surface area contributed by atoms with Crippen molar-refractivity contribution in [2.75, 3.05) is 20.8 Å². The van der Waals surface area contributed by atoms with Crippen LogP contribution < -0.4 is 9.47 Å². The minimum Gasteiger partial charge on any atom is -0.497 e. The number of rotatable bonds is 6. The molecule has 24 heavy (non-hydrogen) atoms. The first-order chi connectivity index (χ1) is 11.6. The number of aromatic nitrogens is 2. The molecular formula is C18H25N3O3. The summed E-state index contributed by atoms with van der Waals surface area (Å²) in [5, 5.41) is 4.06. The van der Waals surface area contributed by atoms with E-state index >= 15 is 0 Å². The van der Waals surface area contributed by atoms with Gasteiger partial charge < -0.3 is 14.0 Å². The Bertz CT molecular complexity index is 684. The molecule has 1 fully saturated rings. The van der Waals surface area contributed by atoms with Crippen LogP contribution in [0.3, 0.4) is 0 Å². The third-order valence-electron chi connectivity index (χ3n) is 4.50. The van der Waals surface area contributed by atoms with Crippen LogP contribution in [0.15, 0.2) is 22.7 Å². The highest BCUT2D eigenvalue weighted by atomic mass is 16.5. The standard InChI is InChI=1S/C18H25N3O3/c1-12(2)18-19-17(24-20-18)11-21-9-5-6-15(21)14-10-13(22-3)7-8-16(14)23-4/h7-8,10,12,15H,5-6,9,11H2,1-4H3/t15-/m0/s1. The smallest absolute Gasteiger partial charge is 0.240 e. The summed E-state index contributed by atoms with van der Waals surface area (Å²) in [4.78, 5) is 6.87. The van der Waals surface area contributed by atoms with Crippen LogP contribution in [0.2, 0.25) is 0 Å². The van der Waals surface area contributed by atoms with Gasteiger partial charge in [0, 0.05) is 17.5 Å². The van der Waals surface area contributed by atoms with E-state index in [1.54, 1.807) is 14.2 Å². The molecule has 1 aliphatic rings. The second-order valence-corrected chi connectivity index (χ2v) is 6.44. The number of nitrogens with zero attached hydrogens (tertiary/aromatic N) is 3. The predicted octanol–water partition coefficient (Wildman–Crippen LogP) is 3.55. The maximum atomic E-state index is 5.56. The van der Waals surface area contributed by atoms with Gasteiger partial charge in [-0.25, -0.2) is 0 Å². The van der Waals surface area contributed by atoms with Crippen molar-refractivity contribution in [3.05, 3.63) is 35.5 Å². The average molecular weight is 331 g/mol. The molecule has 1 atom stereocenters. The highest BCUT2D eigenvalue weighted by Crippen LogP contribution is 2.39. The van der Waals surface area contributed by atoms with E-state index in [0.717, 1.165) is 42.3 Å². The first-order valence-corrected chi connectivity index (χ1v) is 8.40. The number of methoxy groups -OCH3 is 2. The molecule has 1 saturated heterocycles. The van der Waals surface area contributed by atoms with Crippen molar-refractivity contribution < 1.29 is 14.0 Å². The van der Waals surface area contributed by atoms with E-state index in [0.29, 0.717) is 12.4 Å². The van der Waals surface area contributed by atoms with E-state index < -0.39 is 0 Å². The Balaban J connectivity index is 1.82. The lowest BCUT2D eigenvalue weighted by molar-refractivity contribution is 0.208. The van der Waals surface area contributed by atoms with Crippen molar-refractivity contribution >= 4 is 0 Å². The molecule has 0 spiro atoms. The molecule has 1 aliphatic heterocycles. The van der Waals surface area contributed by atoms with Crippen LogP contribution in [0.4, 0.5) is 0 Å². The molecule has 0 unspecified atom stereocenters. The van der Waals surface area contributed by atoms with Crippen LogP contribution in [0.25, 0.3) is 0 Å². The lowest BCUT2D eigenvalue weighted by Crippen LogP contribution is -2.23. The van der Waals surface area contributed by atoms with E-state index in [4.69, 9.17) is 14.0 Å². The minimum atomic E-state index is 0.268. The topological polar surface area (TPSA) is 60.6 Å². The summed E-state index contributed by atoms with van der Waals surface area (Å²) in [6, 6.07) is 6.22. The molecule has 130 valence electrons. The number of likely N-dealkylation sites (tertiary alicyclic amines) is 1. The quantitative estimate of drug-likeness (QED) is 0.807. The molecule has 0 saturated carbocycles. The van der Waals surface area contributed by atoms with Gasteiger partial charge >= 0.3 is 0 Å². The summed E-state index contributed by atoms with van der Waals surface area (Å²) in [5.74, 6) is 3.45. The van der Waals surface area contributed by atoms with E-state index in [9.17, 15) is 0 Å². The summed E-state index contributed by atoms with van der Waals surface area (Å²) >= 11 is 0. The van der Waals surface area contributed by atoms with Crippen molar-refractivity contribution in [3.8, 4) is 11.5 Å². The highest BCUT2D eigenvalue weighted by molar-refractivity contribution is 5.42. The fourth-order valence-electron chi connectivity index (χ4n) is 3.21. The van der Waals surface area contributed by atoms with Crippen molar-refractivity contribution in [1.29, 1.82) is 0 Å². The summed E-state index contributed by atoms with van der Waals surface area (Å²) in [7, 11) is 3.39. The fraction of sp³-hybridized carbons (Fsp3) is 0.556. The lowest BCUT2D eigenvalue weighted by Gasteiger charge is -2.25. The van der Waals surface area contributed by atoms with Crippen molar-refractivity contribution in [3.63, 3.8) is 0 Å². The van der Waals surface area contributed by atoms with Gasteiger partial charge in [0.25, 0.3) is 0 Å². The van der Waals surface area contributed by atoms with Gasteiger partial charge in [-0.1, -0.05) is 19.0 Å². The van der Waals surface area contributed by atoms with Gasteiger partial charge in [-0.05, 0) is 37.6 Å². The largest absolute Gasteiger partial charge is 0.497 e. The molecule has 6 nitrogen and oxygen atoms in total. The molecule has 0 N–H and O–H groups in total. The lowest BCUT2D eigenvalue weighted by atomic mass is 10.0. The Morgan fingerprint density at radius 3 is 2.79 bits per heavy atom. The maximum Gasteiger partial charge on any atom is 0.240 e. The van der Waals surface area contributed by atoms with E-state index in [2.05, 4.69) is 35.0 Å². The van der Waals surface area contributed by atoms with Crippen molar-refractivity contribution in [1.82, 2.24) is 15.0 Å². The molecule has 6 heteroatoms. The Labute approximate surface area is 142 Å².